The highest BCUT2D eigenvalue weighted by Gasteiger charge is 2.28. The maximum Gasteiger partial charge on any atom is 0.240 e. The van der Waals surface area contributed by atoms with E-state index < -0.39 is 0 Å². The van der Waals surface area contributed by atoms with Crippen LogP contribution in [0.25, 0.3) is 10.7 Å². The van der Waals surface area contributed by atoms with Crippen molar-refractivity contribution in [3.63, 3.8) is 0 Å². The van der Waals surface area contributed by atoms with Crippen molar-refractivity contribution in [2.45, 2.75) is 30.2 Å². The summed E-state index contributed by atoms with van der Waals surface area (Å²) in [6.07, 6.45) is 2.00. The predicted octanol–water partition coefficient (Wildman–Crippen LogP) is 3.18. The summed E-state index contributed by atoms with van der Waals surface area (Å²) in [7, 11) is 0. The Morgan fingerprint density at radius 1 is 1.27 bits per heavy atom. The molecular weight excluding hydrogens is 366 g/mol. The van der Waals surface area contributed by atoms with Gasteiger partial charge in [0.2, 0.25) is 11.1 Å². The van der Waals surface area contributed by atoms with Gasteiger partial charge in [-0.15, -0.1) is 21.5 Å². The summed E-state index contributed by atoms with van der Waals surface area (Å²) in [6.45, 7) is 2.64. The van der Waals surface area contributed by atoms with Gasteiger partial charge in [0, 0.05) is 12.2 Å². The first-order chi connectivity index (χ1) is 12.6. The largest absolute Gasteiger partial charge is 0.335 e. The summed E-state index contributed by atoms with van der Waals surface area (Å²) in [5.74, 6) is 6.84. The number of aryl methyl sites for hydroxylation is 1. The van der Waals surface area contributed by atoms with E-state index in [2.05, 4.69) is 16.3 Å². The normalized spacial score (nSPS) is 14.9. The third-order valence-electron chi connectivity index (χ3n) is 4.41. The van der Waals surface area contributed by atoms with Crippen LogP contribution in [0.3, 0.4) is 0 Å². The minimum atomic E-state index is -0.302. The maximum atomic E-state index is 13.0. The van der Waals surface area contributed by atoms with Crippen LogP contribution < -0.4 is 10.7 Å². The van der Waals surface area contributed by atoms with Crippen LogP contribution in [0.2, 0.25) is 0 Å². The lowest BCUT2D eigenvalue weighted by Gasteiger charge is -2.31. The highest BCUT2D eigenvalue weighted by Crippen LogP contribution is 2.31. The number of nitrogens with two attached hydrogens (primary N) is 1. The lowest BCUT2D eigenvalue weighted by molar-refractivity contribution is -0.117. The number of carbonyl (C=O) groups is 1. The minimum absolute atomic E-state index is 0.0721. The van der Waals surface area contributed by atoms with Gasteiger partial charge in [-0.2, -0.15) is 0 Å². The number of thiophene rings is 1. The van der Waals surface area contributed by atoms with E-state index in [9.17, 15) is 4.79 Å². The molecule has 0 radical (unpaired) electrons. The van der Waals surface area contributed by atoms with E-state index in [1.165, 1.54) is 22.0 Å². The van der Waals surface area contributed by atoms with Gasteiger partial charge in [-0.3, -0.25) is 4.79 Å². The molecular formula is C18H19N5OS2. The number of thioether (sulfide) groups is 1. The lowest BCUT2D eigenvalue weighted by Crippen LogP contribution is -2.40. The predicted molar refractivity (Wildman–Crippen MR) is 106 cm³/mol. The molecule has 2 N–H and O–H groups in total. The fraction of sp³-hybridized carbons (Fsp3) is 0.278. The molecule has 134 valence electrons. The van der Waals surface area contributed by atoms with Gasteiger partial charge in [0.15, 0.2) is 5.82 Å². The minimum Gasteiger partial charge on any atom is -0.335 e. The molecule has 4 rings (SSSR count). The fourth-order valence-corrected chi connectivity index (χ4v) is 4.66. The van der Waals surface area contributed by atoms with Crippen molar-refractivity contribution in [3.8, 4) is 10.7 Å². The van der Waals surface area contributed by atoms with Gasteiger partial charge in [-0.05, 0) is 42.8 Å². The molecule has 1 amide bonds. The number of para-hydroxylation sites is 1. The molecule has 1 aliphatic rings. The quantitative estimate of drug-likeness (QED) is 0.551. The number of hydrogen-bond acceptors (Lipinski definition) is 6. The van der Waals surface area contributed by atoms with Crippen molar-refractivity contribution in [1.29, 1.82) is 0 Å². The van der Waals surface area contributed by atoms with E-state index >= 15 is 0 Å². The first-order valence-electron chi connectivity index (χ1n) is 8.45. The Morgan fingerprint density at radius 2 is 2.12 bits per heavy atom. The molecule has 1 atom stereocenters. The molecule has 1 aliphatic heterocycles. The number of nitrogens with zero attached hydrogens (tertiary/aromatic N) is 4. The van der Waals surface area contributed by atoms with Gasteiger partial charge in [-0.25, -0.2) is 4.68 Å². The third-order valence-corrected chi connectivity index (χ3v) is 6.32. The highest BCUT2D eigenvalue weighted by molar-refractivity contribution is 8.00. The average Bonchev–Trinajstić information content (AvgIpc) is 3.31. The van der Waals surface area contributed by atoms with Gasteiger partial charge >= 0.3 is 0 Å². The van der Waals surface area contributed by atoms with Gasteiger partial charge in [0.1, 0.15) is 0 Å². The summed E-state index contributed by atoms with van der Waals surface area (Å²) >= 11 is 2.90. The number of rotatable bonds is 4. The monoisotopic (exact) mass is 385 g/mol. The smallest absolute Gasteiger partial charge is 0.240 e. The molecule has 0 bridgehead atoms. The summed E-state index contributed by atoms with van der Waals surface area (Å²) < 4.78 is 1.46. The molecule has 0 aliphatic carbocycles. The SMILES string of the molecule is CC(Sc1nnc(-c2cccs2)n1N)C(=O)N1CCCc2ccccc21. The zero-order valence-corrected chi connectivity index (χ0v) is 16.0. The highest BCUT2D eigenvalue weighted by atomic mass is 32.2. The molecule has 1 aromatic carbocycles. The van der Waals surface area contributed by atoms with E-state index in [1.54, 1.807) is 11.3 Å². The van der Waals surface area contributed by atoms with Crippen LogP contribution in [0, 0.1) is 0 Å². The Balaban J connectivity index is 1.53. The molecule has 3 heterocycles. The van der Waals surface area contributed by atoms with E-state index in [0.29, 0.717) is 11.0 Å². The Kier molecular flexibility index (Phi) is 4.69. The molecule has 6 nitrogen and oxygen atoms in total. The Labute approximate surface area is 160 Å². The van der Waals surface area contributed by atoms with Crippen LogP contribution in [-0.2, 0) is 11.2 Å². The second kappa shape index (κ2) is 7.13. The third kappa shape index (κ3) is 3.10. The second-order valence-electron chi connectivity index (χ2n) is 6.14. The van der Waals surface area contributed by atoms with Crippen LogP contribution in [0.5, 0.6) is 0 Å². The van der Waals surface area contributed by atoms with Crippen LogP contribution >= 0.6 is 23.1 Å². The first kappa shape index (κ1) is 17.1. The van der Waals surface area contributed by atoms with Crippen molar-refractivity contribution in [2.24, 2.45) is 0 Å². The van der Waals surface area contributed by atoms with Crippen molar-refractivity contribution >= 4 is 34.7 Å². The molecule has 0 saturated carbocycles. The summed E-state index contributed by atoms with van der Waals surface area (Å²) in [5, 5.41) is 10.6. The van der Waals surface area contributed by atoms with Crippen molar-refractivity contribution in [3.05, 3.63) is 47.3 Å². The Hall–Kier alpha value is -2.32. The number of benzene rings is 1. The number of aromatic nitrogens is 3. The zero-order valence-electron chi connectivity index (χ0n) is 14.3. The molecule has 8 heteroatoms. The number of amides is 1. The van der Waals surface area contributed by atoms with Gasteiger partial charge in [0.05, 0.1) is 10.1 Å². The standard InChI is InChI=1S/C18H19N5OS2/c1-12(17(24)22-10-4-7-13-6-2-3-8-14(13)22)26-18-21-20-16(23(18)19)15-9-5-11-25-15/h2-3,5-6,8-9,11-12H,4,7,10,19H2,1H3. The zero-order chi connectivity index (χ0) is 18.1. The van der Waals surface area contributed by atoms with E-state index in [1.807, 2.05) is 47.5 Å². The fourth-order valence-electron chi connectivity index (χ4n) is 3.12. The van der Waals surface area contributed by atoms with Crippen molar-refractivity contribution in [1.82, 2.24) is 14.9 Å². The second-order valence-corrected chi connectivity index (χ2v) is 8.39. The number of carbonyl (C=O) groups excluding carboxylic acids is 1. The molecule has 0 fully saturated rings. The van der Waals surface area contributed by atoms with Crippen LogP contribution in [-0.4, -0.2) is 32.6 Å². The van der Waals surface area contributed by atoms with E-state index in [0.717, 1.165) is 30.0 Å². The van der Waals surface area contributed by atoms with Crippen molar-refractivity contribution < 1.29 is 4.79 Å². The lowest BCUT2D eigenvalue weighted by atomic mass is 10.0. The maximum absolute atomic E-state index is 13.0. The number of fused-ring (bicyclic) bond motifs is 1. The molecule has 26 heavy (non-hydrogen) atoms. The summed E-state index contributed by atoms with van der Waals surface area (Å²) in [4.78, 5) is 15.9. The molecule has 1 unspecified atom stereocenters. The summed E-state index contributed by atoms with van der Waals surface area (Å²) in [5.41, 5.74) is 2.25. The van der Waals surface area contributed by atoms with E-state index in [4.69, 9.17) is 5.84 Å². The average molecular weight is 386 g/mol. The van der Waals surface area contributed by atoms with Gasteiger partial charge in [0.25, 0.3) is 0 Å². The molecule has 0 spiro atoms. The molecule has 2 aromatic heterocycles. The van der Waals surface area contributed by atoms with E-state index in [-0.39, 0.29) is 11.2 Å². The summed E-state index contributed by atoms with van der Waals surface area (Å²) in [6, 6.07) is 12.0. The van der Waals surface area contributed by atoms with Crippen LogP contribution in [0.15, 0.2) is 46.9 Å². The molecule has 3 aromatic rings. The van der Waals surface area contributed by atoms with Crippen LogP contribution in [0.1, 0.15) is 18.9 Å². The van der Waals surface area contributed by atoms with Gasteiger partial charge < -0.3 is 10.7 Å². The topological polar surface area (TPSA) is 77.0 Å². The Bertz CT molecular complexity index is 922. The molecule has 0 saturated heterocycles. The van der Waals surface area contributed by atoms with Gasteiger partial charge in [-0.1, -0.05) is 36.0 Å². The Morgan fingerprint density at radius 3 is 2.92 bits per heavy atom. The number of hydrogen-bond donors (Lipinski definition) is 1. The number of nitrogen functional groups attached to an aromatic ring is 1. The number of anilines is 1. The first-order valence-corrected chi connectivity index (χ1v) is 10.2. The van der Waals surface area contributed by atoms with Crippen LogP contribution in [0.4, 0.5) is 5.69 Å². The van der Waals surface area contributed by atoms with Crippen molar-refractivity contribution in [2.75, 3.05) is 17.3 Å².